The van der Waals surface area contributed by atoms with E-state index >= 15 is 0 Å². The lowest BCUT2D eigenvalue weighted by atomic mass is 10.0. The molecule has 0 saturated carbocycles. The Labute approximate surface area is 113 Å². The minimum atomic E-state index is -3.47. The van der Waals surface area contributed by atoms with Gasteiger partial charge in [0.15, 0.2) is 0 Å². The number of hydrogen-bond donors (Lipinski definition) is 1. The Hall–Kier alpha value is -1.42. The summed E-state index contributed by atoms with van der Waals surface area (Å²) in [5.41, 5.74) is 0.234. The van der Waals surface area contributed by atoms with Gasteiger partial charge in [-0.25, -0.2) is 8.42 Å². The number of nitrogens with one attached hydrogen (secondary N) is 1. The molecule has 0 unspecified atom stereocenters. The first-order chi connectivity index (χ1) is 8.85. The van der Waals surface area contributed by atoms with Crippen molar-refractivity contribution < 1.29 is 8.42 Å². The van der Waals surface area contributed by atoms with Crippen LogP contribution in [0, 0.1) is 11.3 Å². The second-order valence-electron chi connectivity index (χ2n) is 5.29. The van der Waals surface area contributed by atoms with Gasteiger partial charge in [0.2, 0.25) is 10.0 Å². The zero-order chi connectivity index (χ0) is 14.1. The quantitative estimate of drug-likeness (QED) is 0.874. The van der Waals surface area contributed by atoms with Crippen molar-refractivity contribution in [2.45, 2.75) is 24.3 Å². The van der Waals surface area contributed by atoms with Crippen LogP contribution in [-0.2, 0) is 10.0 Å². The molecule has 0 atom stereocenters. The van der Waals surface area contributed by atoms with Gasteiger partial charge in [0, 0.05) is 25.2 Å². The highest BCUT2D eigenvalue weighted by molar-refractivity contribution is 7.89. The summed E-state index contributed by atoms with van der Waals surface area (Å²) in [6.07, 6.45) is 0. The monoisotopic (exact) mass is 279 g/mol. The average molecular weight is 279 g/mol. The molecule has 1 saturated heterocycles. The van der Waals surface area contributed by atoms with Gasteiger partial charge in [0.25, 0.3) is 0 Å². The number of nitrogens with zero attached hydrogens (tertiary/aromatic N) is 2. The fourth-order valence-electron chi connectivity index (χ4n) is 2.15. The molecule has 6 heteroatoms. The maximum absolute atomic E-state index is 12.5. The predicted octanol–water partition coefficient (Wildman–Crippen LogP) is 0.931. The van der Waals surface area contributed by atoms with Crippen LogP contribution in [-0.4, -0.2) is 37.9 Å². The Balaban J connectivity index is 2.29. The maximum atomic E-state index is 12.5. The number of piperazine rings is 1. The molecule has 1 aromatic carbocycles. The zero-order valence-corrected chi connectivity index (χ0v) is 11.9. The summed E-state index contributed by atoms with van der Waals surface area (Å²) >= 11 is 0. The largest absolute Gasteiger partial charge is 0.309 e. The van der Waals surface area contributed by atoms with Crippen molar-refractivity contribution in [3.05, 3.63) is 29.8 Å². The summed E-state index contributed by atoms with van der Waals surface area (Å²) in [6.45, 7) is 5.50. The third kappa shape index (κ3) is 2.95. The van der Waals surface area contributed by atoms with Crippen molar-refractivity contribution in [3.8, 4) is 6.07 Å². The normalized spacial score (nSPS) is 19.8. The van der Waals surface area contributed by atoms with E-state index < -0.39 is 10.0 Å². The van der Waals surface area contributed by atoms with E-state index in [0.717, 1.165) is 0 Å². The Morgan fingerprint density at radius 2 is 1.95 bits per heavy atom. The van der Waals surface area contributed by atoms with E-state index in [0.29, 0.717) is 25.2 Å². The first kappa shape index (κ1) is 14.0. The number of nitriles is 1. The predicted molar refractivity (Wildman–Crippen MR) is 72.0 cm³/mol. The van der Waals surface area contributed by atoms with E-state index in [1.54, 1.807) is 0 Å². The highest BCUT2D eigenvalue weighted by Gasteiger charge is 2.33. The molecule has 5 nitrogen and oxygen atoms in total. The summed E-state index contributed by atoms with van der Waals surface area (Å²) in [6, 6.07) is 8.01. The second-order valence-corrected chi connectivity index (χ2v) is 7.22. The molecule has 0 radical (unpaired) electrons. The van der Waals surface area contributed by atoms with Gasteiger partial charge in [-0.15, -0.1) is 0 Å². The summed E-state index contributed by atoms with van der Waals surface area (Å²) in [4.78, 5) is 0.240. The first-order valence-corrected chi connectivity index (χ1v) is 7.54. The molecule has 19 heavy (non-hydrogen) atoms. The van der Waals surface area contributed by atoms with E-state index in [-0.39, 0.29) is 10.4 Å². The third-order valence-corrected chi connectivity index (χ3v) is 5.02. The Morgan fingerprint density at radius 1 is 1.32 bits per heavy atom. The van der Waals surface area contributed by atoms with Crippen LogP contribution in [0.3, 0.4) is 0 Å². The molecule has 1 aliphatic heterocycles. The Morgan fingerprint density at radius 3 is 2.47 bits per heavy atom. The number of benzene rings is 1. The summed E-state index contributed by atoms with van der Waals surface area (Å²) in [7, 11) is -3.47. The minimum Gasteiger partial charge on any atom is -0.309 e. The van der Waals surface area contributed by atoms with E-state index in [2.05, 4.69) is 5.32 Å². The van der Waals surface area contributed by atoms with Crippen molar-refractivity contribution in [2.75, 3.05) is 19.6 Å². The molecule has 1 aromatic rings. The lowest BCUT2D eigenvalue weighted by molar-refractivity contribution is 0.233. The van der Waals surface area contributed by atoms with Gasteiger partial charge in [0.1, 0.15) is 0 Å². The lowest BCUT2D eigenvalue weighted by Crippen LogP contribution is -2.58. The zero-order valence-electron chi connectivity index (χ0n) is 11.0. The maximum Gasteiger partial charge on any atom is 0.243 e. The second kappa shape index (κ2) is 4.93. The Bertz CT molecular complexity index is 600. The Kier molecular flexibility index (Phi) is 3.63. The van der Waals surface area contributed by atoms with Crippen LogP contribution in [0.15, 0.2) is 29.2 Å². The third-order valence-electron chi connectivity index (χ3n) is 3.16. The molecule has 2 rings (SSSR count). The molecule has 0 amide bonds. The van der Waals surface area contributed by atoms with Crippen LogP contribution in [0.5, 0.6) is 0 Å². The summed E-state index contributed by atoms with van der Waals surface area (Å²) < 4.78 is 26.5. The van der Waals surface area contributed by atoms with Crippen LogP contribution in [0.4, 0.5) is 0 Å². The fraction of sp³-hybridized carbons (Fsp3) is 0.462. The van der Waals surface area contributed by atoms with Gasteiger partial charge in [0.05, 0.1) is 16.5 Å². The molecular weight excluding hydrogens is 262 g/mol. The molecule has 0 aliphatic carbocycles. The molecule has 1 aliphatic rings. The van der Waals surface area contributed by atoms with Crippen LogP contribution in [0.25, 0.3) is 0 Å². The van der Waals surface area contributed by atoms with Crippen LogP contribution in [0.2, 0.25) is 0 Å². The highest BCUT2D eigenvalue weighted by atomic mass is 32.2. The fourth-order valence-corrected chi connectivity index (χ4v) is 3.75. The van der Waals surface area contributed by atoms with Crippen molar-refractivity contribution in [3.63, 3.8) is 0 Å². The molecule has 0 bridgehead atoms. The SMILES string of the molecule is CC1(C)CN(S(=O)(=O)c2ccc(C#N)cc2)CCN1. The van der Waals surface area contributed by atoms with Gasteiger partial charge in [-0.1, -0.05) is 0 Å². The van der Waals surface area contributed by atoms with Gasteiger partial charge in [-0.3, -0.25) is 0 Å². The van der Waals surface area contributed by atoms with E-state index in [4.69, 9.17) is 5.26 Å². The van der Waals surface area contributed by atoms with Crippen LogP contribution >= 0.6 is 0 Å². The smallest absolute Gasteiger partial charge is 0.243 e. The molecule has 1 fully saturated rings. The number of sulfonamides is 1. The van der Waals surface area contributed by atoms with Gasteiger partial charge in [-0.05, 0) is 38.1 Å². The van der Waals surface area contributed by atoms with Gasteiger partial charge < -0.3 is 5.32 Å². The van der Waals surface area contributed by atoms with Crippen molar-refractivity contribution in [2.24, 2.45) is 0 Å². The van der Waals surface area contributed by atoms with E-state index in [9.17, 15) is 8.42 Å². The number of hydrogen-bond acceptors (Lipinski definition) is 4. The highest BCUT2D eigenvalue weighted by Crippen LogP contribution is 2.20. The molecule has 0 aromatic heterocycles. The molecule has 1 heterocycles. The first-order valence-electron chi connectivity index (χ1n) is 6.10. The average Bonchev–Trinajstić information content (AvgIpc) is 2.37. The molecule has 0 spiro atoms. The topological polar surface area (TPSA) is 73.2 Å². The number of rotatable bonds is 2. The summed E-state index contributed by atoms with van der Waals surface area (Å²) in [5.74, 6) is 0. The lowest BCUT2D eigenvalue weighted by Gasteiger charge is -2.38. The van der Waals surface area contributed by atoms with Crippen LogP contribution in [0.1, 0.15) is 19.4 Å². The van der Waals surface area contributed by atoms with Gasteiger partial charge >= 0.3 is 0 Å². The molecule has 1 N–H and O–H groups in total. The van der Waals surface area contributed by atoms with Crippen molar-refractivity contribution in [1.82, 2.24) is 9.62 Å². The molecule has 102 valence electrons. The summed E-state index contributed by atoms with van der Waals surface area (Å²) in [5, 5.41) is 12.0. The van der Waals surface area contributed by atoms with Crippen LogP contribution < -0.4 is 5.32 Å². The molecular formula is C13H17N3O2S. The minimum absolute atomic E-state index is 0.224. The van der Waals surface area contributed by atoms with Gasteiger partial charge in [-0.2, -0.15) is 9.57 Å². The van der Waals surface area contributed by atoms with E-state index in [1.807, 2.05) is 19.9 Å². The van der Waals surface area contributed by atoms with Crippen molar-refractivity contribution >= 4 is 10.0 Å². The van der Waals surface area contributed by atoms with Crippen molar-refractivity contribution in [1.29, 1.82) is 5.26 Å². The standard InChI is InChI=1S/C13H17N3O2S/c1-13(2)10-16(8-7-15-13)19(17,18)12-5-3-11(9-14)4-6-12/h3-6,15H,7-8,10H2,1-2H3. The van der Waals surface area contributed by atoms with E-state index in [1.165, 1.54) is 28.6 Å².